The van der Waals surface area contributed by atoms with E-state index in [1.807, 2.05) is 6.07 Å². The summed E-state index contributed by atoms with van der Waals surface area (Å²) in [5, 5.41) is 0. The number of hydrogen-bond donors (Lipinski definition) is 0. The van der Waals surface area contributed by atoms with Crippen LogP contribution in [0, 0.1) is 19.8 Å². The Morgan fingerprint density at radius 2 is 2.00 bits per heavy atom. The quantitative estimate of drug-likeness (QED) is 0.590. The Balaban J connectivity index is 1.64. The molecule has 3 heteroatoms. The molecule has 0 unspecified atom stereocenters. The van der Waals surface area contributed by atoms with E-state index >= 15 is 0 Å². The number of piperidine rings is 1. The highest BCUT2D eigenvalue weighted by molar-refractivity contribution is 5.53. The zero-order valence-corrected chi connectivity index (χ0v) is 12.6. The van der Waals surface area contributed by atoms with Crippen LogP contribution >= 0.6 is 0 Å². The summed E-state index contributed by atoms with van der Waals surface area (Å²) < 4.78 is 5.79. The molecule has 0 amide bonds. The molecule has 1 aromatic carbocycles. The second kappa shape index (κ2) is 7.44. The zero-order valence-electron chi connectivity index (χ0n) is 12.6. The van der Waals surface area contributed by atoms with Gasteiger partial charge in [-0.15, -0.1) is 0 Å². The third-order valence-corrected chi connectivity index (χ3v) is 4.19. The van der Waals surface area contributed by atoms with Gasteiger partial charge in [0, 0.05) is 12.5 Å². The molecule has 110 valence electrons. The summed E-state index contributed by atoms with van der Waals surface area (Å²) in [6, 6.07) is 6.25. The summed E-state index contributed by atoms with van der Waals surface area (Å²) in [5.41, 5.74) is 2.58. The Bertz CT molecular complexity index is 437. The van der Waals surface area contributed by atoms with Crippen molar-refractivity contribution in [3.05, 3.63) is 29.3 Å². The maximum atomic E-state index is 10.7. The highest BCUT2D eigenvalue weighted by Crippen LogP contribution is 2.17. The summed E-state index contributed by atoms with van der Waals surface area (Å²) in [7, 11) is 0. The SMILES string of the molecule is Cc1ccc(OCCCN2CCC(C=O)CC2)cc1C. The fourth-order valence-electron chi connectivity index (χ4n) is 2.59. The van der Waals surface area contributed by atoms with E-state index < -0.39 is 0 Å². The predicted octanol–water partition coefficient (Wildman–Crippen LogP) is 2.98. The van der Waals surface area contributed by atoms with Gasteiger partial charge in [-0.1, -0.05) is 6.07 Å². The van der Waals surface area contributed by atoms with Gasteiger partial charge < -0.3 is 14.4 Å². The maximum Gasteiger partial charge on any atom is 0.123 e. The number of nitrogens with zero attached hydrogens (tertiary/aromatic N) is 1. The normalized spacial score (nSPS) is 17.1. The molecule has 1 aliphatic heterocycles. The second-order valence-corrected chi connectivity index (χ2v) is 5.76. The lowest BCUT2D eigenvalue weighted by Gasteiger charge is -2.29. The summed E-state index contributed by atoms with van der Waals surface area (Å²) in [5.74, 6) is 1.26. The molecular weight excluding hydrogens is 250 g/mol. The number of benzene rings is 1. The number of rotatable bonds is 6. The first kappa shape index (κ1) is 15.0. The molecular formula is C17H25NO2. The molecule has 0 atom stereocenters. The number of aldehydes is 1. The Morgan fingerprint density at radius 1 is 1.25 bits per heavy atom. The molecule has 1 saturated heterocycles. The van der Waals surface area contributed by atoms with Crippen molar-refractivity contribution in [1.82, 2.24) is 4.90 Å². The Morgan fingerprint density at radius 3 is 2.65 bits per heavy atom. The van der Waals surface area contributed by atoms with E-state index in [0.29, 0.717) is 0 Å². The third-order valence-electron chi connectivity index (χ3n) is 4.19. The van der Waals surface area contributed by atoms with Crippen LogP contribution in [-0.2, 0) is 4.79 Å². The smallest absolute Gasteiger partial charge is 0.123 e. The fourth-order valence-corrected chi connectivity index (χ4v) is 2.59. The van der Waals surface area contributed by atoms with Gasteiger partial charge in [0.1, 0.15) is 12.0 Å². The van der Waals surface area contributed by atoms with Crippen LogP contribution in [-0.4, -0.2) is 37.4 Å². The minimum atomic E-state index is 0.290. The lowest BCUT2D eigenvalue weighted by Crippen LogP contribution is -2.35. The number of aryl methyl sites for hydroxylation is 2. The number of carbonyl (C=O) groups is 1. The molecule has 1 aliphatic rings. The van der Waals surface area contributed by atoms with Gasteiger partial charge in [-0.3, -0.25) is 0 Å². The van der Waals surface area contributed by atoms with Crippen LogP contribution in [0.1, 0.15) is 30.4 Å². The summed E-state index contributed by atoms with van der Waals surface area (Å²) in [6.45, 7) is 8.15. The maximum absolute atomic E-state index is 10.7. The lowest BCUT2D eigenvalue weighted by atomic mass is 9.98. The summed E-state index contributed by atoms with van der Waals surface area (Å²) >= 11 is 0. The van der Waals surface area contributed by atoms with Crippen LogP contribution in [0.4, 0.5) is 0 Å². The van der Waals surface area contributed by atoms with Gasteiger partial charge in [-0.25, -0.2) is 0 Å². The van der Waals surface area contributed by atoms with E-state index in [0.717, 1.165) is 57.5 Å². The molecule has 0 bridgehead atoms. The van der Waals surface area contributed by atoms with Gasteiger partial charge in [-0.2, -0.15) is 0 Å². The second-order valence-electron chi connectivity index (χ2n) is 5.76. The number of likely N-dealkylation sites (tertiary alicyclic amines) is 1. The van der Waals surface area contributed by atoms with Crippen LogP contribution in [0.15, 0.2) is 18.2 Å². The van der Waals surface area contributed by atoms with E-state index in [-0.39, 0.29) is 5.92 Å². The number of carbonyl (C=O) groups excluding carboxylic acids is 1. The number of ether oxygens (including phenoxy) is 1. The standard InChI is InChI=1S/C17H25NO2/c1-14-4-5-17(12-15(14)2)20-11-3-8-18-9-6-16(13-19)7-10-18/h4-5,12-13,16H,3,6-11H2,1-2H3. The number of hydrogen-bond acceptors (Lipinski definition) is 3. The van der Waals surface area contributed by atoms with E-state index in [1.54, 1.807) is 0 Å². The van der Waals surface area contributed by atoms with Crippen LogP contribution in [0.25, 0.3) is 0 Å². The van der Waals surface area contributed by atoms with Crippen molar-refractivity contribution in [1.29, 1.82) is 0 Å². The minimum absolute atomic E-state index is 0.290. The Kier molecular flexibility index (Phi) is 5.60. The van der Waals surface area contributed by atoms with Crippen molar-refractivity contribution in [3.63, 3.8) is 0 Å². The third kappa shape index (κ3) is 4.34. The van der Waals surface area contributed by atoms with Gasteiger partial charge in [0.25, 0.3) is 0 Å². The van der Waals surface area contributed by atoms with Crippen molar-refractivity contribution in [2.24, 2.45) is 5.92 Å². The van der Waals surface area contributed by atoms with Gasteiger partial charge in [0.05, 0.1) is 6.61 Å². The molecule has 1 fully saturated rings. The van der Waals surface area contributed by atoms with Crippen LogP contribution in [0.5, 0.6) is 5.75 Å². The molecule has 0 aliphatic carbocycles. The lowest BCUT2D eigenvalue weighted by molar-refractivity contribution is -0.112. The Labute approximate surface area is 121 Å². The molecule has 20 heavy (non-hydrogen) atoms. The van der Waals surface area contributed by atoms with Crippen molar-refractivity contribution in [3.8, 4) is 5.75 Å². The Hall–Kier alpha value is -1.35. The molecule has 1 heterocycles. The van der Waals surface area contributed by atoms with Gasteiger partial charge in [0.15, 0.2) is 0 Å². The minimum Gasteiger partial charge on any atom is -0.494 e. The van der Waals surface area contributed by atoms with Gasteiger partial charge >= 0.3 is 0 Å². The zero-order chi connectivity index (χ0) is 14.4. The van der Waals surface area contributed by atoms with Crippen molar-refractivity contribution >= 4 is 6.29 Å². The molecule has 0 radical (unpaired) electrons. The van der Waals surface area contributed by atoms with Gasteiger partial charge in [-0.05, 0) is 69.5 Å². The summed E-state index contributed by atoms with van der Waals surface area (Å²) in [6.07, 6.45) is 4.18. The molecule has 0 aromatic heterocycles. The van der Waals surface area contributed by atoms with Crippen LogP contribution < -0.4 is 4.74 Å². The predicted molar refractivity (Wildman–Crippen MR) is 81.3 cm³/mol. The molecule has 0 spiro atoms. The fraction of sp³-hybridized carbons (Fsp3) is 0.588. The van der Waals surface area contributed by atoms with E-state index in [9.17, 15) is 4.79 Å². The highest BCUT2D eigenvalue weighted by atomic mass is 16.5. The van der Waals surface area contributed by atoms with E-state index in [4.69, 9.17) is 4.74 Å². The van der Waals surface area contributed by atoms with E-state index in [2.05, 4.69) is 30.9 Å². The molecule has 3 nitrogen and oxygen atoms in total. The van der Waals surface area contributed by atoms with Crippen molar-refractivity contribution in [2.45, 2.75) is 33.1 Å². The first-order valence-electron chi connectivity index (χ1n) is 7.57. The average Bonchev–Trinajstić information content (AvgIpc) is 2.48. The van der Waals surface area contributed by atoms with Crippen LogP contribution in [0.2, 0.25) is 0 Å². The van der Waals surface area contributed by atoms with Gasteiger partial charge in [0.2, 0.25) is 0 Å². The molecule has 0 N–H and O–H groups in total. The first-order valence-corrected chi connectivity index (χ1v) is 7.57. The topological polar surface area (TPSA) is 29.5 Å². The van der Waals surface area contributed by atoms with Crippen molar-refractivity contribution in [2.75, 3.05) is 26.2 Å². The molecule has 0 saturated carbocycles. The molecule has 1 aromatic rings. The molecule has 2 rings (SSSR count). The largest absolute Gasteiger partial charge is 0.494 e. The van der Waals surface area contributed by atoms with Crippen molar-refractivity contribution < 1.29 is 9.53 Å². The average molecular weight is 275 g/mol. The first-order chi connectivity index (χ1) is 9.69. The van der Waals surface area contributed by atoms with Crippen LogP contribution in [0.3, 0.4) is 0 Å². The van der Waals surface area contributed by atoms with E-state index in [1.165, 1.54) is 11.1 Å². The summed E-state index contributed by atoms with van der Waals surface area (Å²) in [4.78, 5) is 13.1. The highest BCUT2D eigenvalue weighted by Gasteiger charge is 2.17. The monoisotopic (exact) mass is 275 g/mol.